The van der Waals surface area contributed by atoms with Gasteiger partial charge in [-0.25, -0.2) is 9.37 Å². The van der Waals surface area contributed by atoms with Crippen molar-refractivity contribution in [1.82, 2.24) is 15.0 Å². The van der Waals surface area contributed by atoms with Gasteiger partial charge >= 0.3 is 0 Å². The molecule has 6 nitrogen and oxygen atoms in total. The number of morpholine rings is 1. The van der Waals surface area contributed by atoms with Crippen LogP contribution in [-0.4, -0.2) is 40.8 Å². The number of H-pyrrole nitrogens is 1. The summed E-state index contributed by atoms with van der Waals surface area (Å²) in [6.45, 7) is 1.98. The Labute approximate surface area is 138 Å². The predicted octanol–water partition coefficient (Wildman–Crippen LogP) is 1.98. The van der Waals surface area contributed by atoms with E-state index in [0.717, 1.165) is 6.20 Å². The highest BCUT2D eigenvalue weighted by Gasteiger charge is 2.32. The SMILES string of the molecule is O=c1cc(-c2ccncc2F)nc(N2CCO[C@@H](C3CCC3)C2)[nH]1. The highest BCUT2D eigenvalue weighted by molar-refractivity contribution is 5.60. The van der Waals surface area contributed by atoms with Gasteiger partial charge in [0, 0.05) is 30.9 Å². The molecule has 2 aliphatic rings. The van der Waals surface area contributed by atoms with Crippen LogP contribution in [0.4, 0.5) is 10.3 Å². The van der Waals surface area contributed by atoms with Crippen molar-refractivity contribution in [2.24, 2.45) is 5.92 Å². The molecule has 1 N–H and O–H groups in total. The lowest BCUT2D eigenvalue weighted by atomic mass is 9.80. The van der Waals surface area contributed by atoms with Gasteiger partial charge in [0.05, 0.1) is 24.6 Å². The van der Waals surface area contributed by atoms with Gasteiger partial charge in [-0.3, -0.25) is 14.8 Å². The van der Waals surface area contributed by atoms with E-state index >= 15 is 0 Å². The van der Waals surface area contributed by atoms with Gasteiger partial charge in [-0.15, -0.1) is 0 Å². The van der Waals surface area contributed by atoms with Crippen molar-refractivity contribution in [3.63, 3.8) is 0 Å². The van der Waals surface area contributed by atoms with Crippen LogP contribution in [0, 0.1) is 11.7 Å². The zero-order chi connectivity index (χ0) is 16.5. The smallest absolute Gasteiger partial charge is 0.252 e. The number of hydrogen-bond donors (Lipinski definition) is 1. The second-order valence-electron chi connectivity index (χ2n) is 6.36. The molecule has 24 heavy (non-hydrogen) atoms. The molecular formula is C17H19FN4O2. The van der Waals surface area contributed by atoms with Crippen LogP contribution >= 0.6 is 0 Å². The molecule has 1 saturated heterocycles. The van der Waals surface area contributed by atoms with Gasteiger partial charge < -0.3 is 9.64 Å². The lowest BCUT2D eigenvalue weighted by Crippen LogP contribution is -2.48. The minimum absolute atomic E-state index is 0.180. The summed E-state index contributed by atoms with van der Waals surface area (Å²) < 4.78 is 19.8. The lowest BCUT2D eigenvalue weighted by Gasteiger charge is -2.40. The maximum Gasteiger partial charge on any atom is 0.252 e. The number of nitrogens with zero attached hydrogens (tertiary/aromatic N) is 3. The van der Waals surface area contributed by atoms with Crippen LogP contribution in [0.25, 0.3) is 11.3 Å². The monoisotopic (exact) mass is 330 g/mol. The Morgan fingerprint density at radius 1 is 1.38 bits per heavy atom. The van der Waals surface area contributed by atoms with E-state index in [1.807, 2.05) is 4.90 Å². The van der Waals surface area contributed by atoms with Crippen molar-refractivity contribution in [2.75, 3.05) is 24.6 Å². The first-order valence-electron chi connectivity index (χ1n) is 8.28. The largest absolute Gasteiger partial charge is 0.374 e. The van der Waals surface area contributed by atoms with Gasteiger partial charge in [-0.1, -0.05) is 6.42 Å². The van der Waals surface area contributed by atoms with Gasteiger partial charge in [-0.05, 0) is 24.8 Å². The van der Waals surface area contributed by atoms with E-state index in [1.165, 1.54) is 37.6 Å². The molecule has 1 saturated carbocycles. The number of hydrogen-bond acceptors (Lipinski definition) is 5. The fourth-order valence-corrected chi connectivity index (χ4v) is 3.28. The topological polar surface area (TPSA) is 71.1 Å². The minimum Gasteiger partial charge on any atom is -0.374 e. The molecule has 3 heterocycles. The van der Waals surface area contributed by atoms with Gasteiger partial charge in [0.1, 0.15) is 0 Å². The molecule has 0 aromatic carbocycles. The standard InChI is InChI=1S/C17H19FN4O2/c18-13-9-19-5-4-12(13)14-8-16(23)21-17(20-14)22-6-7-24-15(10-22)11-2-1-3-11/h4-5,8-9,11,15H,1-3,6-7,10H2,(H,20,21,23)/t15-/m1/s1. The zero-order valence-electron chi connectivity index (χ0n) is 13.2. The van der Waals surface area contributed by atoms with Gasteiger partial charge in [-0.2, -0.15) is 0 Å². The van der Waals surface area contributed by atoms with Gasteiger partial charge in [0.25, 0.3) is 5.56 Å². The molecule has 0 amide bonds. The third kappa shape index (κ3) is 2.91. The molecule has 1 aliphatic heterocycles. The molecule has 0 spiro atoms. The maximum atomic E-state index is 14.0. The van der Waals surface area contributed by atoms with E-state index in [2.05, 4.69) is 15.0 Å². The summed E-state index contributed by atoms with van der Waals surface area (Å²) in [4.78, 5) is 25.0. The zero-order valence-corrected chi connectivity index (χ0v) is 13.2. The summed E-state index contributed by atoms with van der Waals surface area (Å²) in [6, 6.07) is 2.84. The Kier molecular flexibility index (Phi) is 4.02. The quantitative estimate of drug-likeness (QED) is 0.932. The lowest BCUT2D eigenvalue weighted by molar-refractivity contribution is -0.0227. The van der Waals surface area contributed by atoms with E-state index in [0.29, 0.717) is 37.3 Å². The number of rotatable bonds is 3. The van der Waals surface area contributed by atoms with E-state index in [9.17, 15) is 9.18 Å². The van der Waals surface area contributed by atoms with E-state index in [1.54, 1.807) is 0 Å². The number of aromatic amines is 1. The van der Waals surface area contributed by atoms with Crippen LogP contribution < -0.4 is 10.5 Å². The molecule has 0 unspecified atom stereocenters. The summed E-state index contributed by atoms with van der Waals surface area (Å²) in [5, 5.41) is 0. The molecule has 126 valence electrons. The summed E-state index contributed by atoms with van der Waals surface area (Å²) in [7, 11) is 0. The normalized spacial score (nSPS) is 21.5. The number of ether oxygens (including phenoxy) is 1. The number of halogens is 1. The average Bonchev–Trinajstić information content (AvgIpc) is 2.53. The first-order valence-corrected chi connectivity index (χ1v) is 8.28. The highest BCUT2D eigenvalue weighted by atomic mass is 19.1. The molecule has 1 aliphatic carbocycles. The second kappa shape index (κ2) is 6.32. The van der Waals surface area contributed by atoms with E-state index in [4.69, 9.17) is 4.74 Å². The van der Waals surface area contributed by atoms with Gasteiger partial charge in [0.15, 0.2) is 5.82 Å². The number of pyridine rings is 1. The van der Waals surface area contributed by atoms with Crippen molar-refractivity contribution in [2.45, 2.75) is 25.4 Å². The molecule has 4 rings (SSSR count). The molecule has 2 aromatic heterocycles. The Bertz CT molecular complexity index is 790. The molecule has 2 fully saturated rings. The number of aromatic nitrogens is 3. The Morgan fingerprint density at radius 2 is 2.25 bits per heavy atom. The fraction of sp³-hybridized carbons (Fsp3) is 0.471. The molecule has 0 radical (unpaired) electrons. The molecule has 1 atom stereocenters. The highest BCUT2D eigenvalue weighted by Crippen LogP contribution is 2.33. The summed E-state index contributed by atoms with van der Waals surface area (Å²) in [5.41, 5.74) is 0.305. The predicted molar refractivity (Wildman–Crippen MR) is 87.3 cm³/mol. The van der Waals surface area contributed by atoms with Crippen molar-refractivity contribution in [3.8, 4) is 11.3 Å². The van der Waals surface area contributed by atoms with Crippen LogP contribution in [0.15, 0.2) is 29.3 Å². The maximum absolute atomic E-state index is 14.0. The molecule has 2 aromatic rings. The average molecular weight is 330 g/mol. The molecule has 7 heteroatoms. The van der Waals surface area contributed by atoms with Crippen LogP contribution in [0.1, 0.15) is 19.3 Å². The van der Waals surface area contributed by atoms with Crippen molar-refractivity contribution < 1.29 is 9.13 Å². The number of anilines is 1. The van der Waals surface area contributed by atoms with Crippen molar-refractivity contribution >= 4 is 5.95 Å². The fourth-order valence-electron chi connectivity index (χ4n) is 3.28. The Balaban J connectivity index is 1.63. The number of nitrogens with one attached hydrogen (secondary N) is 1. The molecule has 0 bridgehead atoms. The van der Waals surface area contributed by atoms with Crippen molar-refractivity contribution in [3.05, 3.63) is 40.7 Å². The third-order valence-electron chi connectivity index (χ3n) is 4.85. The third-order valence-corrected chi connectivity index (χ3v) is 4.85. The summed E-state index contributed by atoms with van der Waals surface area (Å²) >= 11 is 0. The van der Waals surface area contributed by atoms with E-state index in [-0.39, 0.29) is 17.2 Å². The minimum atomic E-state index is -0.490. The van der Waals surface area contributed by atoms with E-state index < -0.39 is 5.82 Å². The van der Waals surface area contributed by atoms with Crippen LogP contribution in [0.2, 0.25) is 0 Å². The Hall–Kier alpha value is -2.28. The van der Waals surface area contributed by atoms with Crippen LogP contribution in [0.5, 0.6) is 0 Å². The second-order valence-corrected chi connectivity index (χ2v) is 6.36. The first kappa shape index (κ1) is 15.3. The first-order chi connectivity index (χ1) is 11.7. The summed E-state index contributed by atoms with van der Waals surface area (Å²) in [6.07, 6.45) is 6.45. The van der Waals surface area contributed by atoms with Crippen LogP contribution in [-0.2, 0) is 4.74 Å². The van der Waals surface area contributed by atoms with Gasteiger partial charge in [0.2, 0.25) is 5.95 Å². The van der Waals surface area contributed by atoms with Crippen LogP contribution in [0.3, 0.4) is 0 Å². The molecular weight excluding hydrogens is 311 g/mol. The summed E-state index contributed by atoms with van der Waals surface area (Å²) in [5.74, 6) is 0.581. The van der Waals surface area contributed by atoms with Crippen molar-refractivity contribution in [1.29, 1.82) is 0 Å². The Morgan fingerprint density at radius 3 is 3.00 bits per heavy atom.